The molecule has 0 aliphatic rings. The van der Waals surface area contributed by atoms with E-state index in [4.69, 9.17) is 0 Å². The Hall–Kier alpha value is -3.54. The molecule has 30 heavy (non-hydrogen) atoms. The molecule has 0 spiro atoms. The fourth-order valence-electron chi connectivity index (χ4n) is 3.73. The van der Waals surface area contributed by atoms with Crippen LogP contribution in [0.4, 0.5) is 0 Å². The molecule has 1 nitrogen and oxygen atoms in total. The first-order chi connectivity index (χ1) is 14.7. The van der Waals surface area contributed by atoms with Gasteiger partial charge in [-0.2, -0.15) is 0 Å². The first-order valence-electron chi connectivity index (χ1n) is 10.0. The van der Waals surface area contributed by atoms with E-state index in [9.17, 15) is 5.11 Å². The van der Waals surface area contributed by atoms with E-state index >= 15 is 0 Å². The molecular formula is C28H20OS. The lowest BCUT2D eigenvalue weighted by Crippen LogP contribution is -1.89. The molecule has 0 unspecified atom stereocenters. The van der Waals surface area contributed by atoms with E-state index in [1.807, 2.05) is 47.7 Å². The second-order valence-electron chi connectivity index (χ2n) is 7.43. The molecule has 0 aliphatic heterocycles. The quantitative estimate of drug-likeness (QED) is 0.323. The maximum absolute atomic E-state index is 10.4. The molecular weight excluding hydrogens is 384 g/mol. The van der Waals surface area contributed by atoms with Crippen LogP contribution in [0.15, 0.2) is 91.0 Å². The van der Waals surface area contributed by atoms with E-state index in [-0.39, 0.29) is 0 Å². The minimum Gasteiger partial charge on any atom is -0.508 e. The van der Waals surface area contributed by atoms with E-state index in [0.29, 0.717) is 12.2 Å². The van der Waals surface area contributed by atoms with Gasteiger partial charge in [0.15, 0.2) is 0 Å². The summed E-state index contributed by atoms with van der Waals surface area (Å²) >= 11 is 1.81. The second-order valence-corrected chi connectivity index (χ2v) is 8.60. The number of hydrogen-bond acceptors (Lipinski definition) is 2. The zero-order chi connectivity index (χ0) is 20.3. The van der Waals surface area contributed by atoms with Gasteiger partial charge in [0, 0.05) is 28.0 Å². The highest BCUT2D eigenvalue weighted by Crippen LogP contribution is 2.28. The molecule has 5 aromatic rings. The number of phenols is 1. The minimum absolute atomic E-state index is 0.343. The molecule has 0 aliphatic carbocycles. The molecule has 1 N–H and O–H groups in total. The van der Waals surface area contributed by atoms with Crippen molar-refractivity contribution in [2.24, 2.45) is 0 Å². The largest absolute Gasteiger partial charge is 0.508 e. The molecule has 2 heteroatoms. The number of phenolic OH excluding ortho intramolecular Hbond substituents is 1. The number of aromatic hydroxyl groups is 1. The lowest BCUT2D eigenvalue weighted by molar-refractivity contribution is 0.470. The van der Waals surface area contributed by atoms with Crippen molar-refractivity contribution in [2.45, 2.75) is 12.8 Å². The number of fused-ring (bicyclic) bond motifs is 2. The fourth-order valence-corrected chi connectivity index (χ4v) is 4.73. The molecule has 0 saturated carbocycles. The number of rotatable bonds is 3. The Balaban J connectivity index is 1.40. The van der Waals surface area contributed by atoms with Crippen LogP contribution in [0.1, 0.15) is 21.6 Å². The van der Waals surface area contributed by atoms with Crippen molar-refractivity contribution in [3.05, 3.63) is 113 Å². The summed E-state index contributed by atoms with van der Waals surface area (Å²) in [5, 5.41) is 13.9. The predicted molar refractivity (Wildman–Crippen MR) is 127 cm³/mol. The average Bonchev–Trinajstić information content (AvgIpc) is 3.18. The SMILES string of the molecule is Oc1cc2ccc(C#CCc3cc4ccccc4s3)cc2cc1Cc1ccccc1. The Kier molecular flexibility index (Phi) is 4.97. The van der Waals surface area contributed by atoms with Crippen LogP contribution in [-0.2, 0) is 12.8 Å². The van der Waals surface area contributed by atoms with Crippen molar-refractivity contribution in [1.29, 1.82) is 0 Å². The Bertz CT molecular complexity index is 1370. The number of thiophene rings is 1. The molecule has 1 aromatic heterocycles. The van der Waals surface area contributed by atoms with Crippen LogP contribution in [0, 0.1) is 11.8 Å². The molecule has 0 saturated heterocycles. The first kappa shape index (κ1) is 18.5. The van der Waals surface area contributed by atoms with Gasteiger partial charge in [0.1, 0.15) is 5.75 Å². The summed E-state index contributed by atoms with van der Waals surface area (Å²) in [5.41, 5.74) is 3.12. The zero-order valence-electron chi connectivity index (χ0n) is 16.4. The third kappa shape index (κ3) is 3.94. The normalized spacial score (nSPS) is 10.8. The average molecular weight is 405 g/mol. The van der Waals surface area contributed by atoms with Crippen molar-refractivity contribution >= 4 is 32.2 Å². The van der Waals surface area contributed by atoms with Crippen molar-refractivity contribution in [2.75, 3.05) is 0 Å². The topological polar surface area (TPSA) is 20.2 Å². The lowest BCUT2D eigenvalue weighted by Gasteiger charge is -2.08. The van der Waals surface area contributed by atoms with Gasteiger partial charge in [-0.15, -0.1) is 11.3 Å². The van der Waals surface area contributed by atoms with Crippen LogP contribution in [0.5, 0.6) is 5.75 Å². The Morgan fingerprint density at radius 1 is 0.733 bits per heavy atom. The Morgan fingerprint density at radius 2 is 1.57 bits per heavy atom. The van der Waals surface area contributed by atoms with Gasteiger partial charge in [0.2, 0.25) is 0 Å². The molecule has 0 fully saturated rings. The third-order valence-electron chi connectivity index (χ3n) is 5.25. The van der Waals surface area contributed by atoms with E-state index in [0.717, 1.165) is 28.3 Å². The van der Waals surface area contributed by atoms with E-state index < -0.39 is 0 Å². The molecule has 0 atom stereocenters. The molecule has 0 bridgehead atoms. The molecule has 0 amide bonds. The van der Waals surface area contributed by atoms with Gasteiger partial charge >= 0.3 is 0 Å². The lowest BCUT2D eigenvalue weighted by atomic mass is 9.99. The molecule has 5 rings (SSSR count). The van der Waals surface area contributed by atoms with Crippen molar-refractivity contribution < 1.29 is 5.11 Å². The maximum Gasteiger partial charge on any atom is 0.119 e. The Labute approximate surface area is 180 Å². The highest BCUT2D eigenvalue weighted by molar-refractivity contribution is 7.19. The van der Waals surface area contributed by atoms with Crippen LogP contribution in [0.2, 0.25) is 0 Å². The number of hydrogen-bond donors (Lipinski definition) is 1. The van der Waals surface area contributed by atoms with E-state index in [1.165, 1.54) is 20.5 Å². The summed E-state index contributed by atoms with van der Waals surface area (Å²) in [5.74, 6) is 6.97. The van der Waals surface area contributed by atoms with Crippen molar-refractivity contribution in [1.82, 2.24) is 0 Å². The maximum atomic E-state index is 10.4. The summed E-state index contributed by atoms with van der Waals surface area (Å²) in [6.45, 7) is 0. The van der Waals surface area contributed by atoms with Gasteiger partial charge in [0.05, 0.1) is 0 Å². The summed E-state index contributed by atoms with van der Waals surface area (Å²) in [6.07, 6.45) is 1.47. The molecule has 144 valence electrons. The summed E-state index contributed by atoms with van der Waals surface area (Å²) in [7, 11) is 0. The van der Waals surface area contributed by atoms with Gasteiger partial charge in [-0.25, -0.2) is 0 Å². The standard InChI is InChI=1S/C28H20OS/c29-27-19-22-14-13-21(9-6-11-26-18-23-10-4-5-12-28(23)30-26)15-24(22)17-25(27)16-20-7-2-1-3-8-20/h1-5,7-8,10,12-15,17-19,29H,11,16H2. The van der Waals surface area contributed by atoms with Crippen LogP contribution < -0.4 is 0 Å². The second kappa shape index (κ2) is 8.06. The summed E-state index contributed by atoms with van der Waals surface area (Å²) in [6, 6.07) is 31.0. The molecule has 0 radical (unpaired) electrons. The van der Waals surface area contributed by atoms with E-state index in [2.05, 4.69) is 66.4 Å². The zero-order valence-corrected chi connectivity index (χ0v) is 17.2. The van der Waals surface area contributed by atoms with Crippen molar-refractivity contribution in [3.63, 3.8) is 0 Å². The minimum atomic E-state index is 0.343. The van der Waals surface area contributed by atoms with Crippen LogP contribution in [0.3, 0.4) is 0 Å². The Morgan fingerprint density at radius 3 is 2.43 bits per heavy atom. The van der Waals surface area contributed by atoms with Gasteiger partial charge in [-0.3, -0.25) is 0 Å². The predicted octanol–water partition coefficient (Wildman–Crippen LogP) is 6.95. The fraction of sp³-hybridized carbons (Fsp3) is 0.0714. The van der Waals surface area contributed by atoms with Gasteiger partial charge in [-0.1, -0.05) is 66.4 Å². The molecule has 4 aromatic carbocycles. The summed E-state index contributed by atoms with van der Waals surface area (Å²) in [4.78, 5) is 1.29. The van der Waals surface area contributed by atoms with Crippen LogP contribution in [0.25, 0.3) is 20.9 Å². The van der Waals surface area contributed by atoms with Gasteiger partial charge in [-0.05, 0) is 63.7 Å². The monoisotopic (exact) mass is 404 g/mol. The molecule has 1 heterocycles. The first-order valence-corrected chi connectivity index (χ1v) is 10.8. The van der Waals surface area contributed by atoms with Crippen LogP contribution in [-0.4, -0.2) is 5.11 Å². The van der Waals surface area contributed by atoms with E-state index in [1.54, 1.807) is 0 Å². The highest BCUT2D eigenvalue weighted by Gasteiger charge is 2.06. The van der Waals surface area contributed by atoms with Crippen LogP contribution >= 0.6 is 11.3 Å². The number of benzene rings is 4. The van der Waals surface area contributed by atoms with Gasteiger partial charge in [0.25, 0.3) is 0 Å². The summed E-state index contributed by atoms with van der Waals surface area (Å²) < 4.78 is 1.31. The third-order valence-corrected chi connectivity index (χ3v) is 6.36. The van der Waals surface area contributed by atoms with Gasteiger partial charge < -0.3 is 5.11 Å². The smallest absolute Gasteiger partial charge is 0.119 e. The highest BCUT2D eigenvalue weighted by atomic mass is 32.1. The van der Waals surface area contributed by atoms with Crippen molar-refractivity contribution in [3.8, 4) is 17.6 Å².